The number of nitrogens with one attached hydrogen (secondary N) is 1. The van der Waals surface area contributed by atoms with E-state index in [1.54, 1.807) is 13.8 Å². The van der Waals surface area contributed by atoms with Crippen molar-refractivity contribution in [1.29, 1.82) is 0 Å². The van der Waals surface area contributed by atoms with Gasteiger partial charge in [0.15, 0.2) is 0 Å². The molecule has 0 saturated carbocycles. The summed E-state index contributed by atoms with van der Waals surface area (Å²) in [5.74, 6) is 0.355. The van der Waals surface area contributed by atoms with Gasteiger partial charge < -0.3 is 10.2 Å². The first-order valence-electron chi connectivity index (χ1n) is 7.47. The van der Waals surface area contributed by atoms with Crippen LogP contribution in [-0.2, 0) is 9.59 Å². The fourth-order valence-corrected chi connectivity index (χ4v) is 2.47. The standard InChI is InChI=1S/C15H28N2O2/c1-5-6-9-16-13(18)15(3,4)14(19)17-10-7-8-12(2)11-17/h12H,5-11H2,1-4H3,(H,16,18). The quantitative estimate of drug-likeness (QED) is 0.614. The minimum atomic E-state index is -0.954. The molecule has 1 aliphatic heterocycles. The van der Waals surface area contributed by atoms with Gasteiger partial charge in [0.25, 0.3) is 0 Å². The number of hydrogen-bond acceptors (Lipinski definition) is 2. The molecule has 110 valence electrons. The molecule has 0 aromatic heterocycles. The van der Waals surface area contributed by atoms with E-state index < -0.39 is 5.41 Å². The Morgan fingerprint density at radius 2 is 2.05 bits per heavy atom. The first kappa shape index (κ1) is 16.0. The lowest BCUT2D eigenvalue weighted by Gasteiger charge is -2.36. The summed E-state index contributed by atoms with van der Waals surface area (Å²) in [6.45, 7) is 9.93. The highest BCUT2D eigenvalue weighted by molar-refractivity contribution is 6.04. The summed E-state index contributed by atoms with van der Waals surface area (Å²) in [4.78, 5) is 26.5. The van der Waals surface area contributed by atoms with E-state index in [0.717, 1.165) is 32.4 Å². The van der Waals surface area contributed by atoms with Crippen molar-refractivity contribution in [1.82, 2.24) is 10.2 Å². The summed E-state index contributed by atoms with van der Waals surface area (Å²) >= 11 is 0. The molecule has 0 radical (unpaired) electrons. The SMILES string of the molecule is CCCCNC(=O)C(C)(C)C(=O)N1CCCC(C)C1. The van der Waals surface area contributed by atoms with Crippen LogP contribution in [0.25, 0.3) is 0 Å². The van der Waals surface area contributed by atoms with E-state index in [2.05, 4.69) is 19.2 Å². The molecule has 1 fully saturated rings. The molecule has 0 bridgehead atoms. The van der Waals surface area contributed by atoms with Gasteiger partial charge in [-0.1, -0.05) is 20.3 Å². The summed E-state index contributed by atoms with van der Waals surface area (Å²) in [5, 5.41) is 2.87. The van der Waals surface area contributed by atoms with Crippen molar-refractivity contribution < 1.29 is 9.59 Å². The van der Waals surface area contributed by atoms with Gasteiger partial charge in [0.05, 0.1) is 0 Å². The van der Waals surface area contributed by atoms with E-state index in [9.17, 15) is 9.59 Å². The van der Waals surface area contributed by atoms with Crippen LogP contribution in [0.1, 0.15) is 53.4 Å². The molecule has 4 heteroatoms. The van der Waals surface area contributed by atoms with Crippen molar-refractivity contribution in [2.24, 2.45) is 11.3 Å². The molecule has 1 aliphatic rings. The van der Waals surface area contributed by atoms with E-state index in [-0.39, 0.29) is 11.8 Å². The third-order valence-electron chi connectivity index (χ3n) is 3.86. The Labute approximate surface area is 116 Å². The number of likely N-dealkylation sites (tertiary alicyclic amines) is 1. The monoisotopic (exact) mass is 268 g/mol. The van der Waals surface area contributed by atoms with Crippen LogP contribution in [0.3, 0.4) is 0 Å². The first-order valence-corrected chi connectivity index (χ1v) is 7.47. The lowest BCUT2D eigenvalue weighted by molar-refractivity contribution is -0.149. The molecule has 2 amide bonds. The lowest BCUT2D eigenvalue weighted by Crippen LogP contribution is -2.52. The molecular weight excluding hydrogens is 240 g/mol. The van der Waals surface area contributed by atoms with Crippen LogP contribution < -0.4 is 5.32 Å². The molecule has 0 aliphatic carbocycles. The predicted molar refractivity (Wildman–Crippen MR) is 76.7 cm³/mol. The Morgan fingerprint density at radius 1 is 1.37 bits per heavy atom. The summed E-state index contributed by atoms with van der Waals surface area (Å²) in [7, 11) is 0. The molecule has 1 atom stereocenters. The molecule has 1 rings (SSSR count). The smallest absolute Gasteiger partial charge is 0.237 e. The maximum Gasteiger partial charge on any atom is 0.237 e. The molecule has 0 spiro atoms. The van der Waals surface area contributed by atoms with Gasteiger partial charge in [0.1, 0.15) is 5.41 Å². The highest BCUT2D eigenvalue weighted by Crippen LogP contribution is 2.24. The second-order valence-electron chi connectivity index (χ2n) is 6.23. The van der Waals surface area contributed by atoms with Crippen molar-refractivity contribution in [2.45, 2.75) is 53.4 Å². The van der Waals surface area contributed by atoms with Gasteiger partial charge in [-0.3, -0.25) is 9.59 Å². The summed E-state index contributed by atoms with van der Waals surface area (Å²) in [6.07, 6.45) is 4.21. The number of nitrogens with zero attached hydrogens (tertiary/aromatic N) is 1. The van der Waals surface area contributed by atoms with Crippen molar-refractivity contribution in [2.75, 3.05) is 19.6 Å². The van der Waals surface area contributed by atoms with E-state index in [1.165, 1.54) is 6.42 Å². The Bertz CT molecular complexity index is 326. The Hall–Kier alpha value is -1.06. The predicted octanol–water partition coefficient (Wildman–Crippen LogP) is 2.19. The second-order valence-corrected chi connectivity index (χ2v) is 6.23. The number of carbonyl (C=O) groups is 2. The fraction of sp³-hybridized carbons (Fsp3) is 0.867. The molecule has 4 nitrogen and oxygen atoms in total. The topological polar surface area (TPSA) is 49.4 Å². The molecule has 1 heterocycles. The highest BCUT2D eigenvalue weighted by Gasteiger charge is 2.39. The minimum Gasteiger partial charge on any atom is -0.355 e. The van der Waals surface area contributed by atoms with Crippen LogP contribution in [0.5, 0.6) is 0 Å². The van der Waals surface area contributed by atoms with Crippen LogP contribution >= 0.6 is 0 Å². The van der Waals surface area contributed by atoms with Crippen molar-refractivity contribution in [3.63, 3.8) is 0 Å². The van der Waals surface area contributed by atoms with Crippen molar-refractivity contribution >= 4 is 11.8 Å². The third kappa shape index (κ3) is 4.22. The van der Waals surface area contributed by atoms with Gasteiger partial charge in [-0.05, 0) is 39.0 Å². The molecule has 1 N–H and O–H groups in total. The number of piperidine rings is 1. The van der Waals surface area contributed by atoms with E-state index in [1.807, 2.05) is 4.90 Å². The number of unbranched alkanes of at least 4 members (excludes halogenated alkanes) is 1. The summed E-state index contributed by atoms with van der Waals surface area (Å²) in [6, 6.07) is 0. The largest absolute Gasteiger partial charge is 0.355 e. The zero-order chi connectivity index (χ0) is 14.5. The summed E-state index contributed by atoms with van der Waals surface area (Å²) < 4.78 is 0. The van der Waals surface area contributed by atoms with Gasteiger partial charge in [0.2, 0.25) is 11.8 Å². The Morgan fingerprint density at radius 3 is 2.63 bits per heavy atom. The number of amides is 2. The van der Waals surface area contributed by atoms with Crippen molar-refractivity contribution in [3.05, 3.63) is 0 Å². The van der Waals surface area contributed by atoms with Crippen LogP contribution in [-0.4, -0.2) is 36.3 Å². The van der Waals surface area contributed by atoms with Gasteiger partial charge in [-0.2, -0.15) is 0 Å². The van der Waals surface area contributed by atoms with Crippen molar-refractivity contribution in [3.8, 4) is 0 Å². The first-order chi connectivity index (χ1) is 8.89. The van der Waals surface area contributed by atoms with Crippen LogP contribution in [0.2, 0.25) is 0 Å². The zero-order valence-electron chi connectivity index (χ0n) is 12.8. The minimum absolute atomic E-state index is 0.0342. The lowest BCUT2D eigenvalue weighted by atomic mass is 9.88. The molecule has 1 saturated heterocycles. The van der Waals surface area contributed by atoms with E-state index in [4.69, 9.17) is 0 Å². The van der Waals surface area contributed by atoms with Crippen LogP contribution in [0.4, 0.5) is 0 Å². The number of carbonyl (C=O) groups excluding carboxylic acids is 2. The zero-order valence-corrected chi connectivity index (χ0v) is 12.8. The van der Waals surface area contributed by atoms with E-state index >= 15 is 0 Å². The molecule has 0 aromatic rings. The molecule has 19 heavy (non-hydrogen) atoms. The Kier molecular flexibility index (Phi) is 5.83. The van der Waals surface area contributed by atoms with E-state index in [0.29, 0.717) is 12.5 Å². The van der Waals surface area contributed by atoms with Gasteiger partial charge in [-0.25, -0.2) is 0 Å². The van der Waals surface area contributed by atoms with Gasteiger partial charge >= 0.3 is 0 Å². The second kappa shape index (κ2) is 6.92. The van der Waals surface area contributed by atoms with Crippen LogP contribution in [0, 0.1) is 11.3 Å². The van der Waals surface area contributed by atoms with Crippen LogP contribution in [0.15, 0.2) is 0 Å². The molecular formula is C15H28N2O2. The van der Waals surface area contributed by atoms with Gasteiger partial charge in [0, 0.05) is 19.6 Å². The normalized spacial score (nSPS) is 20.2. The maximum absolute atomic E-state index is 12.5. The fourth-order valence-electron chi connectivity index (χ4n) is 2.47. The molecule has 1 unspecified atom stereocenters. The maximum atomic E-state index is 12.5. The van der Waals surface area contributed by atoms with Gasteiger partial charge in [-0.15, -0.1) is 0 Å². The number of rotatable bonds is 5. The number of hydrogen-bond donors (Lipinski definition) is 1. The third-order valence-corrected chi connectivity index (χ3v) is 3.86. The summed E-state index contributed by atoms with van der Waals surface area (Å²) in [5.41, 5.74) is -0.954. The average Bonchev–Trinajstić information content (AvgIpc) is 2.37. The Balaban J connectivity index is 2.59. The highest BCUT2D eigenvalue weighted by atomic mass is 16.2. The average molecular weight is 268 g/mol. The molecule has 0 aromatic carbocycles.